The van der Waals surface area contributed by atoms with Crippen LogP contribution in [0, 0.1) is 0 Å². The smallest absolute Gasteiger partial charge is 0.358 e. The van der Waals surface area contributed by atoms with Gasteiger partial charge in [0.25, 0.3) is 0 Å². The van der Waals surface area contributed by atoms with Crippen molar-refractivity contribution >= 4 is 11.7 Å². The van der Waals surface area contributed by atoms with Gasteiger partial charge in [-0.2, -0.15) is 5.10 Å². The normalized spacial score (nSPS) is 10.6. The van der Waals surface area contributed by atoms with Crippen molar-refractivity contribution in [2.45, 2.75) is 6.42 Å². The second-order valence-corrected chi connectivity index (χ2v) is 3.67. The van der Waals surface area contributed by atoms with Gasteiger partial charge in [0.15, 0.2) is 5.69 Å². The molecule has 102 valence electrons. The van der Waals surface area contributed by atoms with Crippen LogP contribution >= 0.6 is 0 Å². The minimum Gasteiger partial charge on any atom is -0.461 e. The van der Waals surface area contributed by atoms with Crippen molar-refractivity contribution in [2.24, 2.45) is 7.05 Å². The van der Waals surface area contributed by atoms with E-state index < -0.39 is 5.97 Å². The molecular weight excluding hydrogens is 238 g/mol. The highest BCUT2D eigenvalue weighted by Gasteiger charge is 2.15. The molecule has 0 fully saturated rings. The molecule has 7 nitrogen and oxygen atoms in total. The molecule has 1 aromatic rings. The Morgan fingerprint density at radius 2 is 2.17 bits per heavy atom. The van der Waals surface area contributed by atoms with Crippen LogP contribution < -0.4 is 5.73 Å². The van der Waals surface area contributed by atoms with E-state index in [1.54, 1.807) is 14.2 Å². The maximum absolute atomic E-state index is 11.7. The van der Waals surface area contributed by atoms with Crippen molar-refractivity contribution in [2.75, 3.05) is 39.3 Å². The molecule has 0 unspecified atom stereocenters. The zero-order chi connectivity index (χ0) is 13.4. The molecule has 0 aliphatic carbocycles. The lowest BCUT2D eigenvalue weighted by atomic mass is 10.4. The van der Waals surface area contributed by atoms with Gasteiger partial charge >= 0.3 is 5.97 Å². The summed E-state index contributed by atoms with van der Waals surface area (Å²) in [6.07, 6.45) is 2.05. The lowest BCUT2D eigenvalue weighted by Crippen LogP contribution is -2.14. The topological polar surface area (TPSA) is 88.6 Å². The number of aryl methyl sites for hydroxylation is 1. The third-order valence-electron chi connectivity index (χ3n) is 2.26. The zero-order valence-electron chi connectivity index (χ0n) is 10.7. The number of rotatable bonds is 8. The van der Waals surface area contributed by atoms with Crippen LogP contribution in [0.1, 0.15) is 16.9 Å². The number of esters is 1. The first-order valence-corrected chi connectivity index (χ1v) is 5.68. The van der Waals surface area contributed by atoms with E-state index in [4.69, 9.17) is 19.9 Å². The average molecular weight is 257 g/mol. The van der Waals surface area contributed by atoms with Crippen LogP contribution in [0.5, 0.6) is 0 Å². The number of ether oxygens (including phenoxy) is 3. The van der Waals surface area contributed by atoms with E-state index in [9.17, 15) is 4.79 Å². The van der Waals surface area contributed by atoms with E-state index in [1.807, 2.05) is 0 Å². The van der Waals surface area contributed by atoms with Crippen LogP contribution in [0.4, 0.5) is 5.69 Å². The third kappa shape index (κ3) is 4.34. The summed E-state index contributed by atoms with van der Waals surface area (Å²) in [4.78, 5) is 11.7. The number of nitrogen functional groups attached to an aromatic ring is 1. The average Bonchev–Trinajstić information content (AvgIpc) is 2.68. The van der Waals surface area contributed by atoms with Crippen molar-refractivity contribution < 1.29 is 19.0 Å². The molecule has 0 saturated heterocycles. The molecule has 18 heavy (non-hydrogen) atoms. The third-order valence-corrected chi connectivity index (χ3v) is 2.26. The molecule has 1 aromatic heterocycles. The summed E-state index contributed by atoms with van der Waals surface area (Å²) < 4.78 is 16.5. The summed E-state index contributed by atoms with van der Waals surface area (Å²) in [6.45, 7) is 1.92. The molecule has 0 aliphatic rings. The summed E-state index contributed by atoms with van der Waals surface area (Å²) in [5, 5.41) is 3.87. The molecule has 0 amide bonds. The lowest BCUT2D eigenvalue weighted by molar-refractivity contribution is 0.0377. The molecule has 7 heteroatoms. The highest BCUT2D eigenvalue weighted by Crippen LogP contribution is 2.10. The number of methoxy groups -OCH3 is 1. The Kier molecular flexibility index (Phi) is 6.16. The molecule has 2 N–H and O–H groups in total. The fraction of sp³-hybridized carbons (Fsp3) is 0.636. The van der Waals surface area contributed by atoms with Gasteiger partial charge in [-0.05, 0) is 0 Å². The number of aromatic nitrogens is 2. The SMILES string of the molecule is COCCOCCCOC(=O)c1c(N)cnn1C. The van der Waals surface area contributed by atoms with Gasteiger partial charge in [-0.15, -0.1) is 0 Å². The summed E-state index contributed by atoms with van der Waals surface area (Å²) in [6, 6.07) is 0. The second kappa shape index (κ2) is 7.67. The van der Waals surface area contributed by atoms with E-state index in [-0.39, 0.29) is 12.3 Å². The molecule has 1 rings (SSSR count). The molecular formula is C11H19N3O4. The highest BCUT2D eigenvalue weighted by atomic mass is 16.5. The molecule has 0 aromatic carbocycles. The minimum absolute atomic E-state index is 0.273. The van der Waals surface area contributed by atoms with E-state index in [0.29, 0.717) is 31.9 Å². The Balaban J connectivity index is 2.18. The molecule has 0 saturated carbocycles. The first-order valence-electron chi connectivity index (χ1n) is 5.68. The summed E-state index contributed by atoms with van der Waals surface area (Å²) in [5.41, 5.74) is 6.20. The fourth-order valence-electron chi connectivity index (χ4n) is 1.34. The van der Waals surface area contributed by atoms with Crippen LogP contribution in [0.3, 0.4) is 0 Å². The van der Waals surface area contributed by atoms with E-state index in [2.05, 4.69) is 5.10 Å². The molecule has 0 radical (unpaired) electrons. The largest absolute Gasteiger partial charge is 0.461 e. The highest BCUT2D eigenvalue weighted by molar-refractivity contribution is 5.92. The minimum atomic E-state index is -0.468. The maximum atomic E-state index is 11.7. The van der Waals surface area contributed by atoms with Crippen molar-refractivity contribution in [1.82, 2.24) is 9.78 Å². The number of nitrogens with zero attached hydrogens (tertiary/aromatic N) is 2. The molecule has 0 atom stereocenters. The van der Waals surface area contributed by atoms with Crippen LogP contribution in [-0.2, 0) is 21.3 Å². The van der Waals surface area contributed by atoms with Crippen LogP contribution in [0.2, 0.25) is 0 Å². The Morgan fingerprint density at radius 3 is 2.78 bits per heavy atom. The predicted octanol–water partition coefficient (Wildman–Crippen LogP) is 0.212. The predicted molar refractivity (Wildman–Crippen MR) is 65.2 cm³/mol. The van der Waals surface area contributed by atoms with Crippen molar-refractivity contribution in [1.29, 1.82) is 0 Å². The van der Waals surface area contributed by atoms with Gasteiger partial charge in [0.2, 0.25) is 0 Å². The number of hydrogen-bond acceptors (Lipinski definition) is 6. The number of anilines is 1. The number of carbonyl (C=O) groups is 1. The van der Waals surface area contributed by atoms with Gasteiger partial charge in [-0.3, -0.25) is 4.68 Å². The van der Waals surface area contributed by atoms with Gasteiger partial charge in [0.1, 0.15) is 0 Å². The summed E-state index contributed by atoms with van der Waals surface area (Å²) >= 11 is 0. The summed E-state index contributed by atoms with van der Waals surface area (Å²) in [5.74, 6) is -0.468. The summed E-state index contributed by atoms with van der Waals surface area (Å²) in [7, 11) is 3.25. The first-order chi connectivity index (χ1) is 8.66. The van der Waals surface area contributed by atoms with Gasteiger partial charge in [-0.25, -0.2) is 4.79 Å². The number of hydrogen-bond donors (Lipinski definition) is 1. The standard InChI is InChI=1S/C11H19N3O4/c1-14-10(9(12)8-13-14)11(15)18-5-3-4-17-7-6-16-2/h8H,3-7,12H2,1-2H3. The van der Waals surface area contributed by atoms with Gasteiger partial charge in [0, 0.05) is 27.2 Å². The van der Waals surface area contributed by atoms with Crippen molar-refractivity contribution in [3.63, 3.8) is 0 Å². The van der Waals surface area contributed by atoms with E-state index in [1.165, 1.54) is 10.9 Å². The monoisotopic (exact) mass is 257 g/mol. The van der Waals surface area contributed by atoms with Gasteiger partial charge < -0.3 is 19.9 Å². The Morgan fingerprint density at radius 1 is 1.39 bits per heavy atom. The Hall–Kier alpha value is -1.60. The van der Waals surface area contributed by atoms with Crippen LogP contribution in [0.25, 0.3) is 0 Å². The van der Waals surface area contributed by atoms with E-state index in [0.717, 1.165) is 0 Å². The first kappa shape index (κ1) is 14.5. The van der Waals surface area contributed by atoms with E-state index >= 15 is 0 Å². The molecule has 1 heterocycles. The van der Waals surface area contributed by atoms with Crippen LogP contribution in [-0.4, -0.2) is 49.3 Å². The van der Waals surface area contributed by atoms with Crippen molar-refractivity contribution in [3.05, 3.63) is 11.9 Å². The second-order valence-electron chi connectivity index (χ2n) is 3.67. The zero-order valence-corrected chi connectivity index (χ0v) is 10.7. The van der Waals surface area contributed by atoms with Gasteiger partial charge in [-0.1, -0.05) is 0 Å². The van der Waals surface area contributed by atoms with Gasteiger partial charge in [0.05, 0.1) is 31.7 Å². The molecule has 0 bridgehead atoms. The maximum Gasteiger partial charge on any atom is 0.358 e. The quantitative estimate of drug-likeness (QED) is 0.529. The fourth-order valence-corrected chi connectivity index (χ4v) is 1.34. The van der Waals surface area contributed by atoms with Crippen LogP contribution in [0.15, 0.2) is 6.20 Å². The number of nitrogens with two attached hydrogens (primary N) is 1. The Bertz CT molecular complexity index is 359. The molecule has 0 spiro atoms. The number of carbonyl (C=O) groups excluding carboxylic acids is 1. The Labute approximate surface area is 106 Å². The van der Waals surface area contributed by atoms with Crippen molar-refractivity contribution in [3.8, 4) is 0 Å². The lowest BCUT2D eigenvalue weighted by Gasteiger charge is -2.06. The molecule has 0 aliphatic heterocycles.